The Kier molecular flexibility index (Phi) is 5.58. The Morgan fingerprint density at radius 2 is 2.12 bits per heavy atom. The van der Waals surface area contributed by atoms with Gasteiger partial charge in [0.05, 0.1) is 6.10 Å². The SMILES string of the molecule is CCNC(Cc1ncnn1C(C)C)C(C)OC. The molecule has 17 heavy (non-hydrogen) atoms. The van der Waals surface area contributed by atoms with E-state index in [9.17, 15) is 0 Å². The zero-order chi connectivity index (χ0) is 12.8. The molecule has 0 saturated heterocycles. The molecule has 0 bridgehead atoms. The summed E-state index contributed by atoms with van der Waals surface area (Å²) in [6, 6.07) is 0.610. The molecule has 0 aliphatic rings. The van der Waals surface area contributed by atoms with Gasteiger partial charge >= 0.3 is 0 Å². The van der Waals surface area contributed by atoms with Crippen molar-refractivity contribution in [2.24, 2.45) is 0 Å². The molecule has 2 atom stereocenters. The quantitative estimate of drug-likeness (QED) is 0.783. The summed E-state index contributed by atoms with van der Waals surface area (Å²) < 4.78 is 7.36. The van der Waals surface area contributed by atoms with Crippen LogP contribution >= 0.6 is 0 Å². The average Bonchev–Trinajstić information content (AvgIpc) is 2.75. The van der Waals surface area contributed by atoms with E-state index in [2.05, 4.69) is 43.1 Å². The minimum Gasteiger partial charge on any atom is -0.380 e. The molecule has 0 aliphatic carbocycles. The van der Waals surface area contributed by atoms with Crippen LogP contribution in [0.3, 0.4) is 0 Å². The standard InChI is InChI=1S/C12H24N4O/c1-6-13-11(10(4)17-5)7-12-14-8-15-16(12)9(2)3/h8-11,13H,6-7H2,1-5H3. The van der Waals surface area contributed by atoms with E-state index in [1.807, 2.05) is 4.68 Å². The number of rotatable bonds is 7. The fourth-order valence-electron chi connectivity index (χ4n) is 1.88. The van der Waals surface area contributed by atoms with Gasteiger partial charge in [-0.3, -0.25) is 0 Å². The van der Waals surface area contributed by atoms with Crippen LogP contribution < -0.4 is 5.32 Å². The van der Waals surface area contributed by atoms with Crippen LogP contribution in [0.15, 0.2) is 6.33 Å². The van der Waals surface area contributed by atoms with Gasteiger partial charge in [-0.25, -0.2) is 9.67 Å². The maximum absolute atomic E-state index is 5.39. The number of nitrogens with zero attached hydrogens (tertiary/aromatic N) is 3. The van der Waals surface area contributed by atoms with E-state index in [0.29, 0.717) is 6.04 Å². The molecule has 0 saturated carbocycles. The molecule has 0 aliphatic heterocycles. The van der Waals surface area contributed by atoms with Crippen molar-refractivity contribution in [1.82, 2.24) is 20.1 Å². The number of methoxy groups -OCH3 is 1. The number of ether oxygens (including phenoxy) is 1. The van der Waals surface area contributed by atoms with Crippen molar-refractivity contribution in [3.63, 3.8) is 0 Å². The molecule has 2 unspecified atom stereocenters. The zero-order valence-corrected chi connectivity index (χ0v) is 11.5. The van der Waals surface area contributed by atoms with Gasteiger partial charge in [0.15, 0.2) is 0 Å². The van der Waals surface area contributed by atoms with E-state index >= 15 is 0 Å². The molecule has 0 amide bonds. The van der Waals surface area contributed by atoms with Crippen LogP contribution in [-0.4, -0.2) is 40.6 Å². The summed E-state index contributed by atoms with van der Waals surface area (Å²) in [5, 5.41) is 7.68. The van der Waals surface area contributed by atoms with Crippen LogP contribution in [0.4, 0.5) is 0 Å². The minimum absolute atomic E-state index is 0.160. The number of nitrogens with one attached hydrogen (secondary N) is 1. The van der Waals surface area contributed by atoms with E-state index in [0.717, 1.165) is 18.8 Å². The monoisotopic (exact) mass is 240 g/mol. The van der Waals surface area contributed by atoms with Gasteiger partial charge < -0.3 is 10.1 Å². The van der Waals surface area contributed by atoms with Gasteiger partial charge in [-0.1, -0.05) is 6.92 Å². The molecule has 0 spiro atoms. The lowest BCUT2D eigenvalue weighted by Gasteiger charge is -2.23. The van der Waals surface area contributed by atoms with Crippen molar-refractivity contribution >= 4 is 0 Å². The van der Waals surface area contributed by atoms with Crippen LogP contribution in [-0.2, 0) is 11.2 Å². The summed E-state index contributed by atoms with van der Waals surface area (Å²) in [7, 11) is 1.74. The number of likely N-dealkylation sites (N-methyl/N-ethyl adjacent to an activating group) is 1. The molecule has 1 aromatic rings. The van der Waals surface area contributed by atoms with Crippen LogP contribution in [0.2, 0.25) is 0 Å². The third-order valence-electron chi connectivity index (χ3n) is 2.94. The highest BCUT2D eigenvalue weighted by atomic mass is 16.5. The fraction of sp³-hybridized carbons (Fsp3) is 0.833. The summed E-state index contributed by atoms with van der Waals surface area (Å²) in [5.41, 5.74) is 0. The lowest BCUT2D eigenvalue weighted by Crippen LogP contribution is -2.41. The second-order valence-corrected chi connectivity index (χ2v) is 4.52. The van der Waals surface area contributed by atoms with Gasteiger partial charge in [-0.05, 0) is 27.3 Å². The molecule has 1 rings (SSSR count). The first-order chi connectivity index (χ1) is 8.10. The summed E-state index contributed by atoms with van der Waals surface area (Å²) in [4.78, 5) is 4.33. The van der Waals surface area contributed by atoms with Crippen molar-refractivity contribution < 1.29 is 4.74 Å². The maximum atomic E-state index is 5.39. The first-order valence-corrected chi connectivity index (χ1v) is 6.24. The highest BCUT2D eigenvalue weighted by molar-refractivity contribution is 4.93. The summed E-state index contributed by atoms with van der Waals surface area (Å²) in [5.74, 6) is 1.01. The fourth-order valence-corrected chi connectivity index (χ4v) is 1.88. The van der Waals surface area contributed by atoms with Crippen molar-refractivity contribution in [3.05, 3.63) is 12.2 Å². The molecular weight excluding hydrogens is 216 g/mol. The Morgan fingerprint density at radius 3 is 2.65 bits per heavy atom. The Hall–Kier alpha value is -0.940. The lowest BCUT2D eigenvalue weighted by molar-refractivity contribution is 0.0824. The van der Waals surface area contributed by atoms with Crippen molar-refractivity contribution in [2.45, 2.75) is 52.3 Å². The first-order valence-electron chi connectivity index (χ1n) is 6.24. The molecule has 5 nitrogen and oxygen atoms in total. The third-order valence-corrected chi connectivity index (χ3v) is 2.94. The maximum Gasteiger partial charge on any atom is 0.138 e. The van der Waals surface area contributed by atoms with E-state index in [4.69, 9.17) is 4.74 Å². The molecule has 0 aromatic carbocycles. The number of hydrogen-bond donors (Lipinski definition) is 1. The first kappa shape index (κ1) is 14.1. The van der Waals surface area contributed by atoms with Gasteiger partial charge in [0.1, 0.15) is 12.2 Å². The highest BCUT2D eigenvalue weighted by Gasteiger charge is 2.19. The largest absolute Gasteiger partial charge is 0.380 e. The smallest absolute Gasteiger partial charge is 0.138 e. The van der Waals surface area contributed by atoms with E-state index < -0.39 is 0 Å². The van der Waals surface area contributed by atoms with Gasteiger partial charge in [-0.2, -0.15) is 5.10 Å². The Labute approximate surface area is 104 Å². The molecule has 1 heterocycles. The van der Waals surface area contributed by atoms with Gasteiger partial charge in [0.2, 0.25) is 0 Å². The Morgan fingerprint density at radius 1 is 1.41 bits per heavy atom. The lowest BCUT2D eigenvalue weighted by atomic mass is 10.1. The van der Waals surface area contributed by atoms with Crippen LogP contribution in [0.25, 0.3) is 0 Å². The van der Waals surface area contributed by atoms with Crippen LogP contribution in [0.1, 0.15) is 39.6 Å². The van der Waals surface area contributed by atoms with E-state index in [1.165, 1.54) is 0 Å². The van der Waals surface area contributed by atoms with Crippen LogP contribution in [0.5, 0.6) is 0 Å². The molecular formula is C12H24N4O. The summed E-state index contributed by atoms with van der Waals surface area (Å²) in [6.45, 7) is 9.32. The molecule has 0 radical (unpaired) electrons. The van der Waals surface area contributed by atoms with E-state index in [1.54, 1.807) is 13.4 Å². The van der Waals surface area contributed by atoms with Crippen molar-refractivity contribution in [1.29, 1.82) is 0 Å². The Bertz CT molecular complexity index is 324. The average molecular weight is 240 g/mol. The predicted octanol–water partition coefficient (Wildman–Crippen LogP) is 1.41. The van der Waals surface area contributed by atoms with Gasteiger partial charge in [0.25, 0.3) is 0 Å². The Balaban J connectivity index is 2.74. The van der Waals surface area contributed by atoms with Crippen LogP contribution in [0, 0.1) is 0 Å². The van der Waals surface area contributed by atoms with E-state index in [-0.39, 0.29) is 12.1 Å². The third kappa shape index (κ3) is 3.78. The van der Waals surface area contributed by atoms with Crippen molar-refractivity contribution in [3.8, 4) is 0 Å². The number of hydrogen-bond acceptors (Lipinski definition) is 4. The number of aromatic nitrogens is 3. The summed E-state index contributed by atoms with van der Waals surface area (Å²) >= 11 is 0. The molecule has 98 valence electrons. The van der Waals surface area contributed by atoms with Gasteiger partial charge in [0, 0.05) is 25.6 Å². The second-order valence-electron chi connectivity index (χ2n) is 4.52. The normalized spacial score (nSPS) is 15.2. The minimum atomic E-state index is 0.160. The van der Waals surface area contributed by atoms with Gasteiger partial charge in [-0.15, -0.1) is 0 Å². The molecule has 5 heteroatoms. The molecule has 0 fully saturated rings. The van der Waals surface area contributed by atoms with Crippen molar-refractivity contribution in [2.75, 3.05) is 13.7 Å². The molecule has 1 N–H and O–H groups in total. The topological polar surface area (TPSA) is 52.0 Å². The predicted molar refractivity (Wildman–Crippen MR) is 68.0 cm³/mol. The molecule has 1 aromatic heterocycles. The second kappa shape index (κ2) is 6.71. The summed E-state index contributed by atoms with van der Waals surface area (Å²) in [6.07, 6.45) is 2.61. The zero-order valence-electron chi connectivity index (χ0n) is 11.5. The highest BCUT2D eigenvalue weighted by Crippen LogP contribution is 2.10.